The highest BCUT2D eigenvalue weighted by atomic mass is 16.8. The van der Waals surface area contributed by atoms with E-state index in [9.17, 15) is 24.3 Å². The molecule has 1 amide bonds. The van der Waals surface area contributed by atoms with Crippen molar-refractivity contribution >= 4 is 29.9 Å². The van der Waals surface area contributed by atoms with E-state index in [4.69, 9.17) is 28.5 Å². The Morgan fingerprint density at radius 1 is 1.02 bits per heavy atom. The lowest BCUT2D eigenvalue weighted by Crippen LogP contribution is -2.69. The molecular weight excluding hydrogens is 660 g/mol. The van der Waals surface area contributed by atoms with Gasteiger partial charge in [-0.15, -0.1) is 0 Å². The zero-order chi connectivity index (χ0) is 36.4. The molecule has 2 N–H and O–H groups in total. The second-order valence-electron chi connectivity index (χ2n) is 15.1. The van der Waals surface area contributed by atoms with Crippen molar-refractivity contribution in [3.05, 3.63) is 41.5 Å². The van der Waals surface area contributed by atoms with E-state index in [-0.39, 0.29) is 32.7 Å². The summed E-state index contributed by atoms with van der Waals surface area (Å²) in [6.07, 6.45) is 6.47. The largest absolute Gasteiger partial charge is 0.462 e. The van der Waals surface area contributed by atoms with Gasteiger partial charge >= 0.3 is 17.9 Å². The van der Waals surface area contributed by atoms with Crippen molar-refractivity contribution in [2.45, 2.75) is 134 Å². The van der Waals surface area contributed by atoms with Crippen LogP contribution < -0.4 is 5.32 Å². The lowest BCUT2D eigenvalue weighted by Gasteiger charge is -2.48. The van der Waals surface area contributed by atoms with Gasteiger partial charge < -0.3 is 34.1 Å². The van der Waals surface area contributed by atoms with Gasteiger partial charge in [-0.05, 0) is 30.0 Å². The number of aliphatic hydroxyl groups excluding tert-OH is 1. The summed E-state index contributed by atoms with van der Waals surface area (Å²) in [5.74, 6) is -3.15. The molecule has 1 aromatic rings. The fraction of sp³-hybridized carbons (Fsp3) is 0.684. The number of benzene rings is 1. The van der Waals surface area contributed by atoms with E-state index in [0.717, 1.165) is 38.5 Å². The first-order valence-corrected chi connectivity index (χ1v) is 18.5. The van der Waals surface area contributed by atoms with Crippen LogP contribution in [0.3, 0.4) is 0 Å². The van der Waals surface area contributed by atoms with Crippen molar-refractivity contribution in [1.82, 2.24) is 10.4 Å². The SMILES string of the molecule is CCCCCC1(CCCCC)O[C@@H]2[C@H](O1)[C@H]1ON(Cc3ccccc3C=CC(=O)O[C@H]3C(=O)OCC3(C)C)[C@H]3C(=O)O[C@@H]2C[C@@]13C(=O)NCCO. The van der Waals surface area contributed by atoms with Crippen LogP contribution in [0.4, 0.5) is 0 Å². The minimum atomic E-state index is -1.36. The molecule has 0 radical (unpaired) electrons. The van der Waals surface area contributed by atoms with E-state index >= 15 is 0 Å². The Hall–Kier alpha value is -3.36. The summed E-state index contributed by atoms with van der Waals surface area (Å²) in [7, 11) is 0. The predicted molar refractivity (Wildman–Crippen MR) is 182 cm³/mol. The highest BCUT2D eigenvalue weighted by Gasteiger charge is 2.76. The Bertz CT molecular complexity index is 1490. The Labute approximate surface area is 299 Å². The molecule has 4 heterocycles. The zero-order valence-electron chi connectivity index (χ0n) is 30.1. The Balaban J connectivity index is 1.28. The van der Waals surface area contributed by atoms with E-state index in [1.54, 1.807) is 26.0 Å². The van der Waals surface area contributed by atoms with E-state index in [2.05, 4.69) is 19.2 Å². The molecule has 13 nitrogen and oxygen atoms in total. The number of aliphatic hydroxyl groups is 1. The number of nitrogens with zero attached hydrogens (tertiary/aromatic N) is 1. The summed E-state index contributed by atoms with van der Waals surface area (Å²) in [6.45, 7) is 7.87. The summed E-state index contributed by atoms with van der Waals surface area (Å²) in [5, 5.41) is 13.9. The number of rotatable bonds is 16. The van der Waals surface area contributed by atoms with Crippen molar-refractivity contribution in [3.8, 4) is 0 Å². The lowest BCUT2D eigenvalue weighted by atomic mass is 9.62. The molecule has 2 bridgehead atoms. The normalized spacial score (nSPS) is 31.7. The third-order valence-corrected chi connectivity index (χ3v) is 10.9. The lowest BCUT2D eigenvalue weighted by molar-refractivity contribution is -0.224. The first-order valence-electron chi connectivity index (χ1n) is 18.5. The van der Waals surface area contributed by atoms with Crippen molar-refractivity contribution < 1.29 is 52.8 Å². The van der Waals surface area contributed by atoms with Crippen LogP contribution in [0.15, 0.2) is 30.3 Å². The Kier molecular flexibility index (Phi) is 11.2. The van der Waals surface area contributed by atoms with Crippen LogP contribution in [0.1, 0.15) is 96.6 Å². The summed E-state index contributed by atoms with van der Waals surface area (Å²) >= 11 is 0. The number of nitrogens with one attached hydrogen (secondary N) is 1. The van der Waals surface area contributed by atoms with Gasteiger partial charge in [0.15, 0.2) is 11.8 Å². The maximum Gasteiger partial charge on any atom is 0.348 e. The van der Waals surface area contributed by atoms with Crippen LogP contribution in [0.2, 0.25) is 0 Å². The average molecular weight is 713 g/mol. The van der Waals surface area contributed by atoms with Gasteiger partial charge in [0.1, 0.15) is 36.4 Å². The van der Waals surface area contributed by atoms with Crippen molar-refractivity contribution in [1.29, 1.82) is 0 Å². The molecule has 0 aromatic heterocycles. The van der Waals surface area contributed by atoms with Gasteiger partial charge in [-0.25, -0.2) is 9.59 Å². The number of hydroxylamine groups is 2. The van der Waals surface area contributed by atoms with Gasteiger partial charge in [0, 0.05) is 37.3 Å². The minimum absolute atomic E-state index is 0.0165. The van der Waals surface area contributed by atoms with Crippen LogP contribution >= 0.6 is 0 Å². The van der Waals surface area contributed by atoms with Crippen LogP contribution in [0.25, 0.3) is 6.08 Å². The first kappa shape index (κ1) is 37.4. The number of cyclic esters (lactones) is 1. The first-order chi connectivity index (χ1) is 24.5. The standard InChI is InChI=1S/C38H52N2O11/c1-5-7-11-17-37(18-12-8-6-2)49-28-26-21-38(35(45)39-19-20-41)30(33(43)47-26)40(51-31(38)29(28)50-37)22-25-14-10-9-13-24(25)15-16-27(42)48-32-34(44)46-23-36(32,3)4/h9-10,13-16,26,28-32,41H,5-8,11-12,17-23H2,1-4H3,(H,39,45)/t26-,28+,29+,30+,31-,32+,38+/m1/s1. The number of amides is 1. The number of carbonyl (C=O) groups excluding carboxylic acids is 4. The Morgan fingerprint density at radius 3 is 2.39 bits per heavy atom. The minimum Gasteiger partial charge on any atom is -0.462 e. The number of esters is 3. The molecule has 1 aromatic carbocycles. The molecule has 4 aliphatic heterocycles. The third kappa shape index (κ3) is 7.20. The quantitative estimate of drug-likeness (QED) is 0.111. The van der Waals surface area contributed by atoms with Crippen LogP contribution in [-0.2, 0) is 54.2 Å². The summed E-state index contributed by atoms with van der Waals surface area (Å²) in [6, 6.07) is 6.18. The molecule has 51 heavy (non-hydrogen) atoms. The molecule has 280 valence electrons. The zero-order valence-corrected chi connectivity index (χ0v) is 30.1. The molecular formula is C38H52N2O11. The number of hydrogen-bond donors (Lipinski definition) is 2. The molecule has 6 rings (SSSR count). The highest BCUT2D eigenvalue weighted by molar-refractivity contribution is 5.94. The number of hydrogen-bond acceptors (Lipinski definition) is 12. The van der Waals surface area contributed by atoms with Crippen LogP contribution in [-0.4, -0.2) is 96.1 Å². The number of fused-ring (bicyclic) bond motifs is 4. The summed E-state index contributed by atoms with van der Waals surface area (Å²) in [5.41, 5.74) is -0.658. The van der Waals surface area contributed by atoms with Crippen molar-refractivity contribution in [3.63, 3.8) is 0 Å². The molecule has 5 aliphatic rings. The van der Waals surface area contributed by atoms with Crippen molar-refractivity contribution in [2.75, 3.05) is 19.8 Å². The van der Waals surface area contributed by atoms with E-state index in [1.165, 1.54) is 11.1 Å². The van der Waals surface area contributed by atoms with Gasteiger partial charge in [0.2, 0.25) is 12.0 Å². The molecule has 7 atom stereocenters. The monoisotopic (exact) mass is 712 g/mol. The van der Waals surface area contributed by atoms with E-state index in [1.807, 2.05) is 18.2 Å². The van der Waals surface area contributed by atoms with Gasteiger partial charge in [0.05, 0.1) is 13.2 Å². The molecule has 5 fully saturated rings. The summed E-state index contributed by atoms with van der Waals surface area (Å²) in [4.78, 5) is 59.8. The van der Waals surface area contributed by atoms with E-state index in [0.29, 0.717) is 24.0 Å². The topological polar surface area (TPSA) is 159 Å². The second-order valence-corrected chi connectivity index (χ2v) is 15.1. The van der Waals surface area contributed by atoms with Crippen LogP contribution in [0.5, 0.6) is 0 Å². The molecule has 1 saturated carbocycles. The van der Waals surface area contributed by atoms with Gasteiger partial charge in [-0.1, -0.05) is 77.6 Å². The molecule has 1 aliphatic carbocycles. The molecule has 0 spiro atoms. The fourth-order valence-corrected chi connectivity index (χ4v) is 8.29. The molecule has 13 heteroatoms. The molecule has 4 saturated heterocycles. The van der Waals surface area contributed by atoms with Gasteiger partial charge in [-0.2, -0.15) is 5.06 Å². The van der Waals surface area contributed by atoms with Crippen molar-refractivity contribution in [2.24, 2.45) is 10.8 Å². The molecule has 0 unspecified atom stereocenters. The smallest absolute Gasteiger partial charge is 0.348 e. The summed E-state index contributed by atoms with van der Waals surface area (Å²) < 4.78 is 30.3. The van der Waals surface area contributed by atoms with Gasteiger partial charge in [0.25, 0.3) is 0 Å². The van der Waals surface area contributed by atoms with Gasteiger partial charge in [-0.3, -0.25) is 14.4 Å². The number of carbonyl (C=O) groups is 4. The maximum atomic E-state index is 14.2. The fourth-order valence-electron chi connectivity index (χ4n) is 8.29. The maximum absolute atomic E-state index is 14.2. The Morgan fingerprint density at radius 2 is 1.73 bits per heavy atom. The second kappa shape index (κ2) is 15.3. The van der Waals surface area contributed by atoms with E-state index < -0.39 is 77.0 Å². The number of ether oxygens (including phenoxy) is 5. The predicted octanol–water partition coefficient (Wildman–Crippen LogP) is 3.74. The highest BCUT2D eigenvalue weighted by Crippen LogP contribution is 2.58. The third-order valence-electron chi connectivity index (χ3n) is 10.9. The number of unbranched alkanes of at least 4 members (excludes halogenated alkanes) is 4. The van der Waals surface area contributed by atoms with Crippen LogP contribution in [0, 0.1) is 10.8 Å². The average Bonchev–Trinajstić information content (AvgIpc) is 3.74.